The maximum atomic E-state index is 11.8. The molecule has 0 fully saturated rings. The molecule has 0 bridgehead atoms. The van der Waals surface area contributed by atoms with Crippen LogP contribution in [-0.2, 0) is 16.1 Å². The summed E-state index contributed by atoms with van der Waals surface area (Å²) >= 11 is 0. The van der Waals surface area contributed by atoms with Crippen LogP contribution in [0.3, 0.4) is 0 Å². The molecule has 2 unspecified atom stereocenters. The van der Waals surface area contributed by atoms with Crippen LogP contribution in [0.2, 0.25) is 0 Å². The van der Waals surface area contributed by atoms with Gasteiger partial charge in [0, 0.05) is 6.42 Å². The lowest BCUT2D eigenvalue weighted by atomic mass is 10.1. The van der Waals surface area contributed by atoms with Crippen molar-refractivity contribution in [3.8, 4) is 0 Å². The molecule has 0 aliphatic carbocycles. The summed E-state index contributed by atoms with van der Waals surface area (Å²) in [7, 11) is 0. The largest absolute Gasteiger partial charge is 0.480 e. The Hall–Kier alpha value is -2.73. The van der Waals surface area contributed by atoms with Gasteiger partial charge in [0.1, 0.15) is 6.04 Å². The highest BCUT2D eigenvalue weighted by molar-refractivity contribution is 5.82. The predicted molar refractivity (Wildman–Crippen MR) is 94.0 cm³/mol. The number of unbranched alkanes of at least 4 members (excludes halogenated alkanes) is 1. The number of carbonyl (C=O) groups excluding carboxylic acids is 2. The summed E-state index contributed by atoms with van der Waals surface area (Å²) in [4.78, 5) is 37.8. The Labute approximate surface area is 156 Å². The molecule has 12 nitrogen and oxygen atoms in total. The number of carboxylic acids is 1. The zero-order chi connectivity index (χ0) is 20.2. The van der Waals surface area contributed by atoms with Crippen LogP contribution in [0, 0.1) is 0 Å². The van der Waals surface area contributed by atoms with Gasteiger partial charge in [-0.1, -0.05) is 5.16 Å². The van der Waals surface area contributed by atoms with Crippen LogP contribution >= 0.6 is 0 Å². The van der Waals surface area contributed by atoms with E-state index in [1.807, 2.05) is 0 Å². The van der Waals surface area contributed by atoms with E-state index in [4.69, 9.17) is 26.8 Å². The third kappa shape index (κ3) is 8.96. The number of carboxylic acid groups (broad SMARTS) is 1. The number of hydrogen-bond donors (Lipinski definition) is 6. The zero-order valence-electron chi connectivity index (χ0n) is 15.0. The highest BCUT2D eigenvalue weighted by Gasteiger charge is 2.20. The zero-order valence-corrected chi connectivity index (χ0v) is 15.0. The van der Waals surface area contributed by atoms with Crippen molar-refractivity contribution in [1.82, 2.24) is 20.8 Å². The first-order valence-corrected chi connectivity index (χ1v) is 8.67. The number of aromatic nitrogens is 2. The smallest absolute Gasteiger partial charge is 0.326 e. The maximum absolute atomic E-state index is 11.8. The molecule has 1 aromatic heterocycles. The standard InChI is InChI=1S/C15H27N7O5/c16-7-2-1-5-10(14(24)25)20-15(26)19-8-12-21-13(22-27-12)9(17)4-3-6-11(18)23/h9-10H,1-8,16-17H2,(H2,18,23)(H,24,25)(H2,19,20,26). The van der Waals surface area contributed by atoms with Gasteiger partial charge in [0.15, 0.2) is 5.82 Å². The Balaban J connectivity index is 2.41. The minimum Gasteiger partial charge on any atom is -0.480 e. The highest BCUT2D eigenvalue weighted by Crippen LogP contribution is 2.13. The van der Waals surface area contributed by atoms with Gasteiger partial charge in [-0.25, -0.2) is 9.59 Å². The van der Waals surface area contributed by atoms with E-state index in [1.165, 1.54) is 0 Å². The summed E-state index contributed by atoms with van der Waals surface area (Å²) in [5.74, 6) is -1.15. The summed E-state index contributed by atoms with van der Waals surface area (Å²) in [5.41, 5.74) is 16.3. The van der Waals surface area contributed by atoms with E-state index in [2.05, 4.69) is 20.8 Å². The van der Waals surface area contributed by atoms with Gasteiger partial charge in [-0.3, -0.25) is 4.79 Å². The molecule has 9 N–H and O–H groups in total. The molecular formula is C15H27N7O5. The lowest BCUT2D eigenvalue weighted by Gasteiger charge is -2.14. The second-order valence-electron chi connectivity index (χ2n) is 6.01. The number of amides is 3. The van der Waals surface area contributed by atoms with E-state index < -0.39 is 30.0 Å². The van der Waals surface area contributed by atoms with Crippen LogP contribution in [0.4, 0.5) is 4.79 Å². The minimum absolute atomic E-state index is 0.0814. The summed E-state index contributed by atoms with van der Waals surface area (Å²) < 4.78 is 4.99. The van der Waals surface area contributed by atoms with Crippen LogP contribution in [0.5, 0.6) is 0 Å². The number of nitrogens with two attached hydrogens (primary N) is 3. The van der Waals surface area contributed by atoms with Crippen molar-refractivity contribution in [2.24, 2.45) is 17.2 Å². The van der Waals surface area contributed by atoms with E-state index in [-0.39, 0.29) is 31.1 Å². The molecule has 0 saturated heterocycles. The van der Waals surface area contributed by atoms with Crippen molar-refractivity contribution in [3.63, 3.8) is 0 Å². The van der Waals surface area contributed by atoms with Crippen molar-refractivity contribution in [1.29, 1.82) is 0 Å². The average Bonchev–Trinajstić information content (AvgIpc) is 3.08. The molecule has 12 heteroatoms. The van der Waals surface area contributed by atoms with Crippen LogP contribution in [-0.4, -0.2) is 45.7 Å². The summed E-state index contributed by atoms with van der Waals surface area (Å²) in [6.45, 7) is 0.380. The number of nitrogens with zero attached hydrogens (tertiary/aromatic N) is 2. The van der Waals surface area contributed by atoms with E-state index >= 15 is 0 Å². The Morgan fingerprint density at radius 2 is 1.93 bits per heavy atom. The quantitative estimate of drug-likeness (QED) is 0.232. The first-order chi connectivity index (χ1) is 12.8. The third-order valence-corrected chi connectivity index (χ3v) is 3.70. The van der Waals surface area contributed by atoms with Crippen molar-refractivity contribution < 1.29 is 24.0 Å². The maximum Gasteiger partial charge on any atom is 0.326 e. The van der Waals surface area contributed by atoms with E-state index in [1.54, 1.807) is 0 Å². The molecule has 0 saturated carbocycles. The fourth-order valence-corrected chi connectivity index (χ4v) is 2.23. The van der Waals surface area contributed by atoms with Crippen LogP contribution in [0.25, 0.3) is 0 Å². The second-order valence-corrected chi connectivity index (χ2v) is 6.01. The summed E-state index contributed by atoms with van der Waals surface area (Å²) in [5, 5.41) is 17.7. The Morgan fingerprint density at radius 3 is 2.56 bits per heavy atom. The topological polar surface area (TPSA) is 212 Å². The number of hydrogen-bond acceptors (Lipinski definition) is 8. The first-order valence-electron chi connectivity index (χ1n) is 8.67. The summed E-state index contributed by atoms with van der Waals surface area (Å²) in [6.07, 6.45) is 2.73. The van der Waals surface area contributed by atoms with Crippen LogP contribution in [0.15, 0.2) is 4.52 Å². The van der Waals surface area contributed by atoms with Gasteiger partial charge in [-0.15, -0.1) is 0 Å². The summed E-state index contributed by atoms with van der Waals surface area (Å²) in [6, 6.07) is -2.19. The Bertz CT molecular complexity index is 621. The molecule has 1 rings (SSSR count). The monoisotopic (exact) mass is 385 g/mol. The average molecular weight is 385 g/mol. The molecule has 1 heterocycles. The van der Waals surface area contributed by atoms with Gasteiger partial charge in [-0.05, 0) is 38.6 Å². The Morgan fingerprint density at radius 1 is 1.19 bits per heavy atom. The van der Waals surface area contributed by atoms with Crippen molar-refractivity contribution >= 4 is 17.9 Å². The molecule has 0 aliphatic rings. The van der Waals surface area contributed by atoms with Crippen molar-refractivity contribution in [2.45, 2.75) is 57.2 Å². The van der Waals surface area contributed by atoms with Crippen LogP contribution in [0.1, 0.15) is 56.3 Å². The van der Waals surface area contributed by atoms with E-state index in [0.717, 1.165) is 0 Å². The molecule has 2 atom stereocenters. The number of aliphatic carboxylic acids is 1. The number of carbonyl (C=O) groups is 3. The van der Waals surface area contributed by atoms with Gasteiger partial charge < -0.3 is 37.5 Å². The first kappa shape index (κ1) is 22.3. The molecular weight excluding hydrogens is 358 g/mol. The van der Waals surface area contributed by atoms with Crippen molar-refractivity contribution in [2.75, 3.05) is 6.54 Å². The number of nitrogens with one attached hydrogen (secondary N) is 2. The third-order valence-electron chi connectivity index (χ3n) is 3.70. The SMILES string of the molecule is NCCCCC(NC(=O)NCc1nc(C(N)CCCC(N)=O)no1)C(=O)O. The normalized spacial score (nSPS) is 13.0. The molecule has 0 aromatic carbocycles. The molecule has 3 amide bonds. The van der Waals surface area contributed by atoms with E-state index in [9.17, 15) is 14.4 Å². The Kier molecular flexibility index (Phi) is 9.75. The van der Waals surface area contributed by atoms with Gasteiger partial charge in [0.25, 0.3) is 0 Å². The predicted octanol–water partition coefficient (Wildman–Crippen LogP) is -0.894. The number of rotatable bonds is 13. The van der Waals surface area contributed by atoms with Crippen molar-refractivity contribution in [3.05, 3.63) is 11.7 Å². The fraction of sp³-hybridized carbons (Fsp3) is 0.667. The minimum atomic E-state index is -1.12. The molecule has 0 radical (unpaired) electrons. The van der Waals surface area contributed by atoms with Gasteiger partial charge >= 0.3 is 12.0 Å². The fourth-order valence-electron chi connectivity index (χ4n) is 2.23. The number of primary amides is 1. The highest BCUT2D eigenvalue weighted by atomic mass is 16.5. The lowest BCUT2D eigenvalue weighted by molar-refractivity contribution is -0.139. The van der Waals surface area contributed by atoms with Gasteiger partial charge in [-0.2, -0.15) is 4.98 Å². The van der Waals surface area contributed by atoms with Gasteiger partial charge in [0.2, 0.25) is 11.8 Å². The molecule has 152 valence electrons. The lowest BCUT2D eigenvalue weighted by Crippen LogP contribution is -2.45. The number of urea groups is 1. The molecule has 0 spiro atoms. The van der Waals surface area contributed by atoms with Crippen LogP contribution < -0.4 is 27.8 Å². The van der Waals surface area contributed by atoms with Gasteiger partial charge in [0.05, 0.1) is 12.6 Å². The second kappa shape index (κ2) is 11.8. The molecule has 27 heavy (non-hydrogen) atoms. The molecule has 0 aliphatic heterocycles. The molecule has 1 aromatic rings. The van der Waals surface area contributed by atoms with E-state index in [0.29, 0.717) is 32.2 Å².